The van der Waals surface area contributed by atoms with E-state index in [2.05, 4.69) is 4.98 Å². The number of halogens is 2. The molecule has 0 amide bonds. The van der Waals surface area contributed by atoms with Gasteiger partial charge in [-0.1, -0.05) is 30.3 Å². The van der Waals surface area contributed by atoms with E-state index in [0.29, 0.717) is 0 Å². The van der Waals surface area contributed by atoms with E-state index in [1.54, 1.807) is 12.1 Å². The number of fused-ring (bicyclic) bond motifs is 1. The number of benzene rings is 1. The number of aryl methyl sites for hydroxylation is 1. The SMILES string of the molecule is Cc1cccn2cc(-c3ccc(C(F)F)cc3)nc12. The lowest BCUT2D eigenvalue weighted by atomic mass is 10.1. The lowest BCUT2D eigenvalue weighted by molar-refractivity contribution is 0.151. The Bertz CT molecular complexity index is 715. The van der Waals surface area contributed by atoms with Gasteiger partial charge in [0.05, 0.1) is 5.69 Å². The molecule has 0 saturated heterocycles. The van der Waals surface area contributed by atoms with Crippen molar-refractivity contribution in [2.24, 2.45) is 0 Å². The summed E-state index contributed by atoms with van der Waals surface area (Å²) in [6.07, 6.45) is 1.39. The minimum Gasteiger partial charge on any atom is -0.306 e. The fourth-order valence-electron chi connectivity index (χ4n) is 2.09. The van der Waals surface area contributed by atoms with Crippen LogP contribution in [-0.2, 0) is 0 Å². The molecule has 0 unspecified atom stereocenters. The number of hydrogen-bond donors (Lipinski definition) is 0. The fourth-order valence-corrected chi connectivity index (χ4v) is 2.09. The van der Waals surface area contributed by atoms with Crippen molar-refractivity contribution < 1.29 is 8.78 Å². The summed E-state index contributed by atoms with van der Waals surface area (Å²) in [5.41, 5.74) is 3.62. The van der Waals surface area contributed by atoms with Crippen LogP contribution in [0, 0.1) is 6.92 Å². The Morgan fingerprint density at radius 3 is 2.47 bits per heavy atom. The highest BCUT2D eigenvalue weighted by Gasteiger charge is 2.09. The molecule has 0 spiro atoms. The van der Waals surface area contributed by atoms with Crippen molar-refractivity contribution in [3.63, 3.8) is 0 Å². The van der Waals surface area contributed by atoms with Gasteiger partial charge in [-0.15, -0.1) is 0 Å². The van der Waals surface area contributed by atoms with Gasteiger partial charge in [0.25, 0.3) is 6.43 Å². The molecule has 96 valence electrons. The van der Waals surface area contributed by atoms with Gasteiger partial charge in [0.1, 0.15) is 5.65 Å². The van der Waals surface area contributed by atoms with Crippen LogP contribution < -0.4 is 0 Å². The van der Waals surface area contributed by atoms with Crippen LogP contribution in [0.15, 0.2) is 48.8 Å². The molecule has 0 atom stereocenters. The number of alkyl halides is 2. The summed E-state index contributed by atoms with van der Waals surface area (Å²) in [4.78, 5) is 4.53. The first-order valence-electron chi connectivity index (χ1n) is 5.98. The van der Waals surface area contributed by atoms with E-state index in [4.69, 9.17) is 0 Å². The summed E-state index contributed by atoms with van der Waals surface area (Å²) in [5.74, 6) is 0. The summed E-state index contributed by atoms with van der Waals surface area (Å²) in [6, 6.07) is 10.2. The maximum atomic E-state index is 12.5. The molecule has 3 aromatic rings. The number of pyridine rings is 1. The summed E-state index contributed by atoms with van der Waals surface area (Å²) in [7, 11) is 0. The van der Waals surface area contributed by atoms with Crippen LogP contribution in [-0.4, -0.2) is 9.38 Å². The predicted molar refractivity (Wildman–Crippen MR) is 70.3 cm³/mol. The molecule has 2 nitrogen and oxygen atoms in total. The van der Waals surface area contributed by atoms with E-state index in [9.17, 15) is 8.78 Å². The quantitative estimate of drug-likeness (QED) is 0.671. The van der Waals surface area contributed by atoms with Crippen molar-refractivity contribution in [2.45, 2.75) is 13.3 Å². The third-order valence-corrected chi connectivity index (χ3v) is 3.14. The molecular weight excluding hydrogens is 246 g/mol. The molecule has 0 saturated carbocycles. The van der Waals surface area contributed by atoms with Crippen molar-refractivity contribution >= 4 is 5.65 Å². The second-order valence-corrected chi connectivity index (χ2v) is 4.47. The van der Waals surface area contributed by atoms with Gasteiger partial charge in [-0.05, 0) is 18.6 Å². The van der Waals surface area contributed by atoms with Gasteiger partial charge < -0.3 is 4.40 Å². The number of nitrogens with zero attached hydrogens (tertiary/aromatic N) is 2. The minimum absolute atomic E-state index is 0.0312. The zero-order chi connectivity index (χ0) is 13.4. The summed E-state index contributed by atoms with van der Waals surface area (Å²) in [6.45, 7) is 1.99. The predicted octanol–water partition coefficient (Wildman–Crippen LogP) is 4.25. The van der Waals surface area contributed by atoms with Crippen molar-refractivity contribution in [2.75, 3.05) is 0 Å². The molecule has 0 radical (unpaired) electrons. The number of hydrogen-bond acceptors (Lipinski definition) is 1. The molecule has 3 rings (SSSR count). The second-order valence-electron chi connectivity index (χ2n) is 4.47. The van der Waals surface area contributed by atoms with Crippen LogP contribution >= 0.6 is 0 Å². The lowest BCUT2D eigenvalue weighted by Crippen LogP contribution is -1.84. The maximum absolute atomic E-state index is 12.5. The normalized spacial score (nSPS) is 11.4. The van der Waals surface area contributed by atoms with Crippen LogP contribution in [0.4, 0.5) is 8.78 Å². The number of rotatable bonds is 2. The smallest absolute Gasteiger partial charge is 0.263 e. The largest absolute Gasteiger partial charge is 0.306 e. The first kappa shape index (κ1) is 11.8. The van der Waals surface area contributed by atoms with Crippen molar-refractivity contribution in [3.05, 3.63) is 59.9 Å². The first-order chi connectivity index (χ1) is 9.15. The highest BCUT2D eigenvalue weighted by Crippen LogP contribution is 2.24. The Kier molecular flexibility index (Phi) is 2.78. The van der Waals surface area contributed by atoms with E-state index in [0.717, 1.165) is 22.5 Å². The lowest BCUT2D eigenvalue weighted by Gasteiger charge is -2.00. The Morgan fingerprint density at radius 2 is 1.84 bits per heavy atom. The van der Waals surface area contributed by atoms with Gasteiger partial charge in [0.15, 0.2) is 0 Å². The zero-order valence-electron chi connectivity index (χ0n) is 10.3. The Balaban J connectivity index is 2.06. The van der Waals surface area contributed by atoms with Gasteiger partial charge in [-0.3, -0.25) is 0 Å². The van der Waals surface area contributed by atoms with E-state index >= 15 is 0 Å². The van der Waals surface area contributed by atoms with Gasteiger partial charge in [-0.2, -0.15) is 0 Å². The Hall–Kier alpha value is -2.23. The van der Waals surface area contributed by atoms with Crippen LogP contribution in [0.2, 0.25) is 0 Å². The van der Waals surface area contributed by atoms with Crippen LogP contribution in [0.5, 0.6) is 0 Å². The van der Waals surface area contributed by atoms with Crippen LogP contribution in [0.1, 0.15) is 17.6 Å². The van der Waals surface area contributed by atoms with E-state index in [1.165, 1.54) is 12.1 Å². The molecule has 2 aromatic heterocycles. The average Bonchev–Trinajstić information content (AvgIpc) is 2.84. The maximum Gasteiger partial charge on any atom is 0.263 e. The first-order valence-corrected chi connectivity index (χ1v) is 5.98. The molecule has 0 aliphatic heterocycles. The molecular formula is C15H12F2N2. The number of imidazole rings is 1. The molecule has 0 aliphatic carbocycles. The van der Waals surface area contributed by atoms with Gasteiger partial charge in [-0.25, -0.2) is 13.8 Å². The highest BCUT2D eigenvalue weighted by molar-refractivity contribution is 5.64. The highest BCUT2D eigenvalue weighted by atomic mass is 19.3. The molecule has 1 aromatic carbocycles. The molecule has 0 bridgehead atoms. The summed E-state index contributed by atoms with van der Waals surface area (Å²) in [5, 5.41) is 0. The van der Waals surface area contributed by atoms with Crippen molar-refractivity contribution in [1.82, 2.24) is 9.38 Å². The zero-order valence-corrected chi connectivity index (χ0v) is 10.3. The Labute approximate surface area is 109 Å². The Morgan fingerprint density at radius 1 is 1.11 bits per heavy atom. The van der Waals surface area contributed by atoms with Crippen LogP contribution in [0.25, 0.3) is 16.9 Å². The fraction of sp³-hybridized carbons (Fsp3) is 0.133. The topological polar surface area (TPSA) is 17.3 Å². The van der Waals surface area contributed by atoms with Gasteiger partial charge in [0, 0.05) is 23.5 Å². The molecule has 19 heavy (non-hydrogen) atoms. The standard InChI is InChI=1S/C15H12F2N2/c1-10-3-2-8-19-9-13(18-15(10)19)11-4-6-12(7-5-11)14(16)17/h2-9,14H,1H3. The van der Waals surface area contributed by atoms with Gasteiger partial charge in [0.2, 0.25) is 0 Å². The molecule has 0 fully saturated rings. The van der Waals surface area contributed by atoms with Crippen LogP contribution in [0.3, 0.4) is 0 Å². The third-order valence-electron chi connectivity index (χ3n) is 3.14. The number of aromatic nitrogens is 2. The molecule has 4 heteroatoms. The summed E-state index contributed by atoms with van der Waals surface area (Å²) < 4.78 is 26.9. The monoisotopic (exact) mass is 258 g/mol. The minimum atomic E-state index is -2.43. The van der Waals surface area contributed by atoms with Crippen molar-refractivity contribution in [1.29, 1.82) is 0 Å². The average molecular weight is 258 g/mol. The van der Waals surface area contributed by atoms with Gasteiger partial charge >= 0.3 is 0 Å². The van der Waals surface area contributed by atoms with E-state index in [1.807, 2.05) is 35.9 Å². The third kappa shape index (κ3) is 2.10. The summed E-state index contributed by atoms with van der Waals surface area (Å²) >= 11 is 0. The molecule has 0 N–H and O–H groups in total. The van der Waals surface area contributed by atoms with E-state index < -0.39 is 6.43 Å². The molecule has 0 aliphatic rings. The molecule has 2 heterocycles. The van der Waals surface area contributed by atoms with E-state index in [-0.39, 0.29) is 5.56 Å². The van der Waals surface area contributed by atoms with Crippen molar-refractivity contribution in [3.8, 4) is 11.3 Å². The second kappa shape index (κ2) is 4.46.